The molecule has 0 fully saturated rings. The molecule has 6 N–H and O–H groups in total. The van der Waals surface area contributed by atoms with Crippen LogP contribution in [0.2, 0.25) is 0 Å². The molecule has 9 heteroatoms. The molecule has 0 aliphatic heterocycles. The standard InChI is InChI=1S/C28H37ClN6O2/c1-2-35(18-16-30)17-8-13-26(34-29)28(37)33-25(15-14-21-9-4-3-5-10-21)27(36)32-23-19-22-11-6-7-12-24(22)31-20-23/h3-7,9-12,19-20,25-26,34H,2,8,13-18,30H2,1H3,(H,32,36)(H,33,37)/p+1. The lowest BCUT2D eigenvalue weighted by atomic mass is 10.0. The Morgan fingerprint density at radius 2 is 1.76 bits per heavy atom. The van der Waals surface area contributed by atoms with E-state index < -0.39 is 12.1 Å². The number of halogens is 1. The first-order valence-corrected chi connectivity index (χ1v) is 13.3. The molecule has 0 saturated heterocycles. The number of hydrogen-bond donors (Lipinski definition) is 4. The van der Waals surface area contributed by atoms with Crippen LogP contribution in [0.4, 0.5) is 5.69 Å². The number of nitrogens with two attached hydrogens (primary N) is 1. The number of nitrogens with one attached hydrogen (secondary N) is 4. The number of carbonyl (C=O) groups excluding carboxylic acids is 2. The lowest BCUT2D eigenvalue weighted by molar-refractivity contribution is -0.343. The van der Waals surface area contributed by atoms with Crippen molar-refractivity contribution < 1.29 is 14.6 Å². The maximum Gasteiger partial charge on any atom is 0.247 e. The van der Waals surface area contributed by atoms with Crippen molar-refractivity contribution >= 4 is 40.2 Å². The van der Waals surface area contributed by atoms with Gasteiger partial charge in [0.05, 0.1) is 0 Å². The van der Waals surface area contributed by atoms with Crippen molar-refractivity contribution in [2.45, 2.75) is 44.7 Å². The van der Waals surface area contributed by atoms with Crippen LogP contribution in [0.25, 0.3) is 10.9 Å². The van der Waals surface area contributed by atoms with Crippen LogP contribution in [0.1, 0.15) is 31.7 Å². The van der Waals surface area contributed by atoms with Gasteiger partial charge in [-0.1, -0.05) is 49.4 Å². The highest BCUT2D eigenvalue weighted by atomic mass is 35.5. The number of carbonyl (C=O) groups is 2. The molecule has 0 radical (unpaired) electrons. The second-order valence-electron chi connectivity index (χ2n) is 9.08. The Balaban J connectivity index is 1.66. The van der Waals surface area contributed by atoms with Gasteiger partial charge in [-0.05, 0) is 68.2 Å². The third-order valence-corrected chi connectivity index (χ3v) is 6.69. The highest BCUT2D eigenvalue weighted by Crippen LogP contribution is 2.15. The van der Waals surface area contributed by atoms with Crippen LogP contribution in [0.15, 0.2) is 66.9 Å². The van der Waals surface area contributed by atoms with Gasteiger partial charge >= 0.3 is 0 Å². The number of likely N-dealkylation sites (N-methyl/N-ethyl adjacent to an activating group) is 1. The van der Waals surface area contributed by atoms with Gasteiger partial charge in [0.2, 0.25) is 17.3 Å². The van der Waals surface area contributed by atoms with Crippen molar-refractivity contribution in [3.63, 3.8) is 0 Å². The van der Waals surface area contributed by atoms with Crippen LogP contribution in [0, 0.1) is 0 Å². The van der Waals surface area contributed by atoms with E-state index in [1.165, 1.54) is 0 Å². The van der Waals surface area contributed by atoms with Crippen molar-refractivity contribution in [2.75, 3.05) is 31.5 Å². The van der Waals surface area contributed by atoms with Crippen LogP contribution < -0.4 is 26.2 Å². The number of aromatic amines is 1. The maximum absolute atomic E-state index is 13.3. The summed E-state index contributed by atoms with van der Waals surface area (Å²) < 4.78 is 0. The van der Waals surface area contributed by atoms with Gasteiger partial charge in [-0.15, -0.1) is 0 Å². The monoisotopic (exact) mass is 525 g/mol. The van der Waals surface area contributed by atoms with Gasteiger partial charge in [0, 0.05) is 24.5 Å². The van der Waals surface area contributed by atoms with E-state index in [1.54, 1.807) is 6.20 Å². The van der Waals surface area contributed by atoms with Gasteiger partial charge in [0.1, 0.15) is 17.8 Å². The molecule has 2 amide bonds. The zero-order valence-electron chi connectivity index (χ0n) is 21.4. The fraction of sp³-hybridized carbons (Fsp3) is 0.393. The lowest BCUT2D eigenvalue weighted by Crippen LogP contribution is -2.50. The highest BCUT2D eigenvalue weighted by Gasteiger charge is 2.26. The topological polar surface area (TPSA) is 114 Å². The molecule has 0 spiro atoms. The normalized spacial score (nSPS) is 12.9. The number of anilines is 1. The molecule has 3 rings (SSSR count). The zero-order valence-corrected chi connectivity index (χ0v) is 22.1. The SMILES string of the molecule is CCN(CCN)CCCC(NCl)C(=O)NC(CCc1ccccc1)C(=O)Nc1c[nH+]c2ccccc2c1. The molecule has 0 aliphatic rings. The van der Waals surface area contributed by atoms with Crippen molar-refractivity contribution in [3.05, 3.63) is 72.4 Å². The third kappa shape index (κ3) is 9.09. The third-order valence-electron chi connectivity index (χ3n) is 6.43. The molecule has 0 bridgehead atoms. The van der Waals surface area contributed by atoms with Crippen LogP contribution in [0.5, 0.6) is 0 Å². The van der Waals surface area contributed by atoms with E-state index in [9.17, 15) is 9.59 Å². The van der Waals surface area contributed by atoms with Gasteiger partial charge in [0.15, 0.2) is 6.20 Å². The number of benzene rings is 2. The predicted molar refractivity (Wildman–Crippen MR) is 149 cm³/mol. The number of hydrogen-bond acceptors (Lipinski definition) is 5. The van der Waals surface area contributed by atoms with Crippen molar-refractivity contribution in [1.82, 2.24) is 15.1 Å². The minimum absolute atomic E-state index is 0.276. The molecule has 1 heterocycles. The Hall–Kier alpha value is -3.04. The molecule has 2 unspecified atom stereocenters. The summed E-state index contributed by atoms with van der Waals surface area (Å²) in [6.45, 7) is 5.22. The van der Waals surface area contributed by atoms with E-state index in [0.29, 0.717) is 31.5 Å². The second-order valence-corrected chi connectivity index (χ2v) is 9.30. The van der Waals surface area contributed by atoms with Gasteiger partial charge in [-0.25, -0.2) is 9.82 Å². The van der Waals surface area contributed by atoms with E-state index in [-0.39, 0.29) is 11.8 Å². The first kappa shape index (κ1) is 28.5. The van der Waals surface area contributed by atoms with Crippen LogP contribution in [-0.2, 0) is 16.0 Å². The number of fused-ring (bicyclic) bond motifs is 1. The summed E-state index contributed by atoms with van der Waals surface area (Å²) in [5.41, 5.74) is 8.37. The molecule has 8 nitrogen and oxygen atoms in total. The molecular formula is C28H38ClN6O2+. The van der Waals surface area contributed by atoms with Gasteiger partial charge in [0.25, 0.3) is 0 Å². The van der Waals surface area contributed by atoms with Gasteiger partial charge < -0.3 is 21.3 Å². The second kappa shape index (κ2) is 15.3. The number of para-hydroxylation sites is 1. The van der Waals surface area contributed by atoms with E-state index in [4.69, 9.17) is 17.5 Å². The van der Waals surface area contributed by atoms with Crippen LogP contribution in [0.3, 0.4) is 0 Å². The maximum atomic E-state index is 13.3. The predicted octanol–water partition coefficient (Wildman–Crippen LogP) is 2.88. The number of rotatable bonds is 15. The van der Waals surface area contributed by atoms with Crippen molar-refractivity contribution in [3.8, 4) is 0 Å². The van der Waals surface area contributed by atoms with E-state index in [2.05, 4.69) is 32.3 Å². The Labute approximate surface area is 224 Å². The zero-order chi connectivity index (χ0) is 26.5. The Kier molecular flexibility index (Phi) is 11.8. The summed E-state index contributed by atoms with van der Waals surface area (Å²) in [5.74, 6) is -0.573. The van der Waals surface area contributed by atoms with Crippen molar-refractivity contribution in [2.24, 2.45) is 5.73 Å². The quantitative estimate of drug-likeness (QED) is 0.228. The van der Waals surface area contributed by atoms with Crippen LogP contribution >= 0.6 is 11.8 Å². The Bertz CT molecular complexity index is 1130. The smallest absolute Gasteiger partial charge is 0.247 e. The number of pyridine rings is 1. The van der Waals surface area contributed by atoms with E-state index in [0.717, 1.165) is 42.5 Å². The van der Waals surface area contributed by atoms with Gasteiger partial charge in [-0.2, -0.15) is 0 Å². The number of H-pyrrole nitrogens is 1. The number of amides is 2. The van der Waals surface area contributed by atoms with Crippen molar-refractivity contribution in [1.29, 1.82) is 0 Å². The largest absolute Gasteiger partial charge is 0.343 e. The molecule has 198 valence electrons. The summed E-state index contributed by atoms with van der Waals surface area (Å²) in [6, 6.07) is 18.3. The minimum Gasteiger partial charge on any atom is -0.343 e. The number of nitrogens with zero attached hydrogens (tertiary/aromatic N) is 1. The molecule has 2 atom stereocenters. The molecule has 3 aromatic rings. The van der Waals surface area contributed by atoms with Gasteiger partial charge in [-0.3, -0.25) is 9.59 Å². The number of aryl methyl sites for hydroxylation is 1. The van der Waals surface area contributed by atoms with E-state index in [1.807, 2.05) is 60.7 Å². The average molecular weight is 526 g/mol. The molecule has 0 aliphatic carbocycles. The minimum atomic E-state index is -0.726. The summed E-state index contributed by atoms with van der Waals surface area (Å²) >= 11 is 5.94. The average Bonchev–Trinajstić information content (AvgIpc) is 2.93. The summed E-state index contributed by atoms with van der Waals surface area (Å²) in [7, 11) is 0. The fourth-order valence-electron chi connectivity index (χ4n) is 4.28. The Morgan fingerprint density at radius 1 is 1.00 bits per heavy atom. The summed E-state index contributed by atoms with van der Waals surface area (Å²) in [5, 5.41) is 6.87. The summed E-state index contributed by atoms with van der Waals surface area (Å²) in [4.78, 5) is 34.5. The fourth-order valence-corrected chi connectivity index (χ4v) is 4.49. The molecule has 37 heavy (non-hydrogen) atoms. The first-order chi connectivity index (χ1) is 18.0. The Morgan fingerprint density at radius 3 is 2.49 bits per heavy atom. The first-order valence-electron chi connectivity index (χ1n) is 12.9. The molecule has 1 aromatic heterocycles. The van der Waals surface area contributed by atoms with E-state index >= 15 is 0 Å². The number of aromatic nitrogens is 1. The summed E-state index contributed by atoms with van der Waals surface area (Å²) in [6.07, 6.45) is 4.17. The molecular weight excluding hydrogens is 488 g/mol. The lowest BCUT2D eigenvalue weighted by Gasteiger charge is -2.23. The molecule has 0 saturated carbocycles. The highest BCUT2D eigenvalue weighted by molar-refractivity contribution is 6.15. The molecule has 2 aromatic carbocycles. The van der Waals surface area contributed by atoms with Crippen LogP contribution in [-0.4, -0.2) is 55.0 Å².